The first kappa shape index (κ1) is 13.0. The lowest BCUT2D eigenvalue weighted by molar-refractivity contribution is -0.130. The van der Waals surface area contributed by atoms with Crippen LogP contribution in [0.1, 0.15) is 26.2 Å². The van der Waals surface area contributed by atoms with Crippen molar-refractivity contribution in [1.82, 2.24) is 15.5 Å². The smallest absolute Gasteiger partial charge is 0.233 e. The van der Waals surface area contributed by atoms with Crippen molar-refractivity contribution < 1.29 is 9.59 Å². The molecule has 0 aromatic heterocycles. The molecule has 16 heavy (non-hydrogen) atoms. The lowest BCUT2D eigenvalue weighted by Gasteiger charge is -2.15. The minimum absolute atomic E-state index is 0.0453. The quantitative estimate of drug-likeness (QED) is 0.656. The lowest BCUT2D eigenvalue weighted by Crippen LogP contribution is -2.36. The van der Waals surface area contributed by atoms with E-state index in [0.29, 0.717) is 19.5 Å². The van der Waals surface area contributed by atoms with Gasteiger partial charge in [-0.05, 0) is 19.4 Å². The summed E-state index contributed by atoms with van der Waals surface area (Å²) in [6.45, 7) is 5.26. The number of likely N-dealkylation sites (N-methyl/N-ethyl adjacent to an activating group) is 1. The van der Waals surface area contributed by atoms with E-state index in [9.17, 15) is 9.59 Å². The maximum absolute atomic E-state index is 11.6. The Kier molecular flexibility index (Phi) is 5.85. The second-order valence-corrected chi connectivity index (χ2v) is 3.97. The fraction of sp³-hybridized carbons (Fsp3) is 0.818. The Bertz CT molecular complexity index is 237. The van der Waals surface area contributed by atoms with Crippen molar-refractivity contribution in [3.05, 3.63) is 0 Å². The Morgan fingerprint density at radius 2 is 1.94 bits per heavy atom. The third kappa shape index (κ3) is 4.61. The first-order valence-electron chi connectivity index (χ1n) is 5.99. The van der Waals surface area contributed by atoms with Gasteiger partial charge in [-0.1, -0.05) is 6.92 Å². The van der Waals surface area contributed by atoms with Gasteiger partial charge in [0.1, 0.15) is 0 Å². The third-order valence-electron chi connectivity index (χ3n) is 2.66. The molecule has 0 aliphatic carbocycles. The highest BCUT2D eigenvalue weighted by molar-refractivity contribution is 5.80. The SMILES string of the molecule is CCNCC(=O)NCCC(=O)N1CCCC1. The van der Waals surface area contributed by atoms with E-state index in [0.717, 1.165) is 32.5 Å². The molecule has 2 N–H and O–H groups in total. The number of rotatable bonds is 6. The molecule has 0 aromatic rings. The number of amides is 2. The summed E-state index contributed by atoms with van der Waals surface area (Å²) in [4.78, 5) is 24.7. The van der Waals surface area contributed by atoms with E-state index in [1.165, 1.54) is 0 Å². The topological polar surface area (TPSA) is 61.4 Å². The van der Waals surface area contributed by atoms with Crippen molar-refractivity contribution in [3.63, 3.8) is 0 Å². The Morgan fingerprint density at radius 1 is 1.25 bits per heavy atom. The minimum Gasteiger partial charge on any atom is -0.354 e. The molecule has 5 heteroatoms. The van der Waals surface area contributed by atoms with Crippen molar-refractivity contribution in [2.24, 2.45) is 0 Å². The summed E-state index contributed by atoms with van der Waals surface area (Å²) < 4.78 is 0. The largest absolute Gasteiger partial charge is 0.354 e. The van der Waals surface area contributed by atoms with Crippen LogP contribution in [0, 0.1) is 0 Å². The Morgan fingerprint density at radius 3 is 2.56 bits per heavy atom. The molecule has 1 heterocycles. The zero-order valence-corrected chi connectivity index (χ0v) is 9.92. The summed E-state index contributed by atoms with van der Waals surface area (Å²) >= 11 is 0. The fourth-order valence-corrected chi connectivity index (χ4v) is 1.73. The molecule has 1 saturated heterocycles. The number of carbonyl (C=O) groups excluding carboxylic acids is 2. The van der Waals surface area contributed by atoms with Crippen LogP contribution < -0.4 is 10.6 Å². The van der Waals surface area contributed by atoms with Crippen LogP contribution in [0.15, 0.2) is 0 Å². The van der Waals surface area contributed by atoms with Gasteiger partial charge in [0.2, 0.25) is 11.8 Å². The first-order chi connectivity index (χ1) is 7.74. The number of carbonyl (C=O) groups is 2. The van der Waals surface area contributed by atoms with Crippen LogP contribution in [0.4, 0.5) is 0 Å². The summed E-state index contributed by atoms with van der Waals surface area (Å²) in [6, 6.07) is 0. The average molecular weight is 227 g/mol. The number of hydrogen-bond donors (Lipinski definition) is 2. The standard InChI is InChI=1S/C11H21N3O2/c1-2-12-9-10(15)13-6-5-11(16)14-7-3-4-8-14/h12H,2-9H2,1H3,(H,13,15). The number of nitrogens with zero attached hydrogens (tertiary/aromatic N) is 1. The Hall–Kier alpha value is -1.10. The van der Waals surface area contributed by atoms with Gasteiger partial charge in [0.15, 0.2) is 0 Å². The normalized spacial score (nSPS) is 15.2. The van der Waals surface area contributed by atoms with Crippen molar-refractivity contribution >= 4 is 11.8 Å². The van der Waals surface area contributed by atoms with Gasteiger partial charge in [-0.3, -0.25) is 9.59 Å². The highest BCUT2D eigenvalue weighted by Gasteiger charge is 2.17. The molecule has 1 aliphatic rings. The van der Waals surface area contributed by atoms with E-state index >= 15 is 0 Å². The van der Waals surface area contributed by atoms with Crippen molar-refractivity contribution in [3.8, 4) is 0 Å². The predicted molar refractivity (Wildman–Crippen MR) is 62.0 cm³/mol. The summed E-state index contributed by atoms with van der Waals surface area (Å²) in [5.74, 6) is 0.109. The second-order valence-electron chi connectivity index (χ2n) is 3.97. The molecule has 0 spiro atoms. The van der Waals surface area contributed by atoms with Gasteiger partial charge < -0.3 is 15.5 Å². The van der Waals surface area contributed by atoms with Crippen LogP contribution in [-0.2, 0) is 9.59 Å². The maximum atomic E-state index is 11.6. The molecule has 0 saturated carbocycles. The Balaban J connectivity index is 2.05. The second kappa shape index (κ2) is 7.22. The zero-order chi connectivity index (χ0) is 11.8. The third-order valence-corrected chi connectivity index (χ3v) is 2.66. The van der Waals surface area contributed by atoms with Gasteiger partial charge in [-0.25, -0.2) is 0 Å². The van der Waals surface area contributed by atoms with Crippen LogP contribution in [0.25, 0.3) is 0 Å². The van der Waals surface area contributed by atoms with Crippen molar-refractivity contribution in [2.45, 2.75) is 26.2 Å². The number of nitrogens with one attached hydrogen (secondary N) is 2. The molecule has 92 valence electrons. The van der Waals surface area contributed by atoms with Crippen molar-refractivity contribution in [2.75, 3.05) is 32.7 Å². The van der Waals surface area contributed by atoms with E-state index in [1.807, 2.05) is 11.8 Å². The van der Waals surface area contributed by atoms with Gasteiger partial charge in [-0.15, -0.1) is 0 Å². The highest BCUT2D eigenvalue weighted by atomic mass is 16.2. The average Bonchev–Trinajstić information content (AvgIpc) is 2.79. The maximum Gasteiger partial charge on any atom is 0.233 e. The van der Waals surface area contributed by atoms with Crippen LogP contribution in [-0.4, -0.2) is 49.4 Å². The molecule has 0 aromatic carbocycles. The van der Waals surface area contributed by atoms with E-state index in [1.54, 1.807) is 0 Å². The summed E-state index contributed by atoms with van der Waals surface area (Å²) in [6.07, 6.45) is 2.63. The fourth-order valence-electron chi connectivity index (χ4n) is 1.73. The van der Waals surface area contributed by atoms with Crippen LogP contribution >= 0.6 is 0 Å². The lowest BCUT2D eigenvalue weighted by atomic mass is 10.3. The molecule has 1 aliphatic heterocycles. The van der Waals surface area contributed by atoms with E-state index in [2.05, 4.69) is 10.6 Å². The molecular formula is C11H21N3O2. The van der Waals surface area contributed by atoms with Gasteiger partial charge in [0.25, 0.3) is 0 Å². The predicted octanol–water partition coefficient (Wildman–Crippen LogP) is -0.275. The van der Waals surface area contributed by atoms with Crippen LogP contribution in [0.2, 0.25) is 0 Å². The van der Waals surface area contributed by atoms with Crippen LogP contribution in [0.5, 0.6) is 0 Å². The van der Waals surface area contributed by atoms with Gasteiger partial charge in [0.05, 0.1) is 6.54 Å². The molecule has 0 unspecified atom stereocenters. The monoisotopic (exact) mass is 227 g/mol. The van der Waals surface area contributed by atoms with E-state index < -0.39 is 0 Å². The molecule has 1 rings (SSSR count). The summed E-state index contributed by atoms with van der Waals surface area (Å²) in [7, 11) is 0. The molecule has 2 amide bonds. The summed E-state index contributed by atoms with van der Waals surface area (Å²) in [5, 5.41) is 5.66. The van der Waals surface area contributed by atoms with Crippen LogP contribution in [0.3, 0.4) is 0 Å². The first-order valence-corrected chi connectivity index (χ1v) is 5.99. The molecule has 0 bridgehead atoms. The number of hydrogen-bond acceptors (Lipinski definition) is 3. The zero-order valence-electron chi connectivity index (χ0n) is 9.92. The van der Waals surface area contributed by atoms with Crippen molar-refractivity contribution in [1.29, 1.82) is 0 Å². The number of likely N-dealkylation sites (tertiary alicyclic amines) is 1. The highest BCUT2D eigenvalue weighted by Crippen LogP contribution is 2.08. The van der Waals surface area contributed by atoms with E-state index in [-0.39, 0.29) is 11.8 Å². The van der Waals surface area contributed by atoms with Gasteiger partial charge in [-0.2, -0.15) is 0 Å². The summed E-state index contributed by atoms with van der Waals surface area (Å²) in [5.41, 5.74) is 0. The van der Waals surface area contributed by atoms with Gasteiger partial charge in [0, 0.05) is 26.1 Å². The minimum atomic E-state index is -0.0453. The Labute approximate surface area is 96.6 Å². The molecule has 1 fully saturated rings. The molecular weight excluding hydrogens is 206 g/mol. The molecule has 0 radical (unpaired) electrons. The molecule has 5 nitrogen and oxygen atoms in total. The molecule has 0 atom stereocenters. The van der Waals surface area contributed by atoms with Gasteiger partial charge >= 0.3 is 0 Å². The van der Waals surface area contributed by atoms with E-state index in [4.69, 9.17) is 0 Å².